The van der Waals surface area contributed by atoms with E-state index in [4.69, 9.17) is 9.72 Å². The Labute approximate surface area is 246 Å². The molecule has 2 aliphatic heterocycles. The maximum absolute atomic E-state index is 13.4. The summed E-state index contributed by atoms with van der Waals surface area (Å²) in [7, 11) is 0. The highest BCUT2D eigenvalue weighted by Gasteiger charge is 2.62. The number of ether oxygens (including phenoxy) is 1. The van der Waals surface area contributed by atoms with E-state index in [1.54, 1.807) is 29.1 Å². The van der Waals surface area contributed by atoms with Crippen LogP contribution < -0.4 is 19.7 Å². The van der Waals surface area contributed by atoms with E-state index in [2.05, 4.69) is 38.9 Å². The summed E-state index contributed by atoms with van der Waals surface area (Å²) >= 11 is 1.15. The Bertz CT molecular complexity index is 1460. The lowest BCUT2D eigenvalue weighted by Crippen LogP contribution is -2.40. The highest BCUT2D eigenvalue weighted by atomic mass is 32.2. The van der Waals surface area contributed by atoms with Gasteiger partial charge in [0.05, 0.1) is 17.6 Å². The Morgan fingerprint density at radius 1 is 1.14 bits per heavy atom. The van der Waals surface area contributed by atoms with Gasteiger partial charge in [0.25, 0.3) is 5.91 Å². The molecule has 3 aromatic rings. The molecule has 224 valence electrons. The lowest BCUT2D eigenvalue weighted by molar-refractivity contribution is -0.189. The van der Waals surface area contributed by atoms with E-state index in [0.29, 0.717) is 40.4 Å². The van der Waals surface area contributed by atoms with E-state index >= 15 is 0 Å². The largest absolute Gasteiger partial charge is 0.477 e. The summed E-state index contributed by atoms with van der Waals surface area (Å²) in [6, 6.07) is 10.8. The van der Waals surface area contributed by atoms with Crippen LogP contribution in [0.4, 0.5) is 24.8 Å². The molecule has 0 spiro atoms. The second-order valence-corrected chi connectivity index (χ2v) is 12.8. The third kappa shape index (κ3) is 5.88. The molecule has 1 unspecified atom stereocenters. The highest BCUT2D eigenvalue weighted by molar-refractivity contribution is 7.97. The standard InChI is InChI=1S/C29H34F3N7O2S/c1-27(2)17-19-9-14-33-21-5-3-6-24(34-21)42-37-26(40)20-7-8-22(35-25(20)38(27)18-19)39-15-10-23(36-39)41-16-4-11-28(12-13-28)29(30,31)32/h3,5-8,10,15,19H,4,9,11-14,16-18H2,1-2H3,(H,33,34)(H,37,40). The van der Waals surface area contributed by atoms with Gasteiger partial charge in [-0.3, -0.25) is 9.52 Å². The van der Waals surface area contributed by atoms with Crippen LogP contribution in [-0.2, 0) is 0 Å². The number of pyridine rings is 2. The Hall–Kier alpha value is -3.48. The number of nitrogens with one attached hydrogen (secondary N) is 2. The third-order valence-electron chi connectivity index (χ3n) is 8.45. The van der Waals surface area contributed by atoms with Crippen LogP contribution in [0.15, 0.2) is 47.6 Å². The molecule has 9 nitrogen and oxygen atoms in total. The molecule has 3 aromatic heterocycles. The molecule has 2 fully saturated rings. The summed E-state index contributed by atoms with van der Waals surface area (Å²) in [6.07, 6.45) is 0.193. The lowest BCUT2D eigenvalue weighted by Gasteiger charge is -2.34. The fraction of sp³-hybridized carbons (Fsp3) is 0.517. The minimum absolute atomic E-state index is 0.0636. The van der Waals surface area contributed by atoms with Gasteiger partial charge in [-0.15, -0.1) is 5.10 Å². The number of halogens is 3. The van der Waals surface area contributed by atoms with Gasteiger partial charge in [-0.2, -0.15) is 13.2 Å². The summed E-state index contributed by atoms with van der Waals surface area (Å²) in [5.74, 6) is 2.29. The van der Waals surface area contributed by atoms with Gasteiger partial charge in [-0.25, -0.2) is 14.6 Å². The summed E-state index contributed by atoms with van der Waals surface area (Å²) < 4.78 is 49.7. The average molecular weight is 602 g/mol. The smallest absolute Gasteiger partial charge is 0.394 e. The number of amides is 1. The van der Waals surface area contributed by atoms with E-state index in [9.17, 15) is 18.0 Å². The zero-order chi connectivity index (χ0) is 29.5. The number of aromatic nitrogens is 4. The van der Waals surface area contributed by atoms with Crippen LogP contribution in [0.5, 0.6) is 5.88 Å². The first-order valence-corrected chi connectivity index (χ1v) is 15.1. The summed E-state index contributed by atoms with van der Waals surface area (Å²) in [6.45, 7) is 6.02. The van der Waals surface area contributed by atoms with Gasteiger partial charge in [0.2, 0.25) is 5.88 Å². The number of hydrogen-bond acceptors (Lipinski definition) is 8. The van der Waals surface area contributed by atoms with Crippen molar-refractivity contribution in [1.29, 1.82) is 0 Å². The zero-order valence-corrected chi connectivity index (χ0v) is 24.4. The van der Waals surface area contributed by atoms with Gasteiger partial charge in [-0.05, 0) is 82.6 Å². The molecule has 1 saturated carbocycles. The summed E-state index contributed by atoms with van der Waals surface area (Å²) in [5, 5.41) is 8.53. The zero-order valence-electron chi connectivity index (χ0n) is 23.6. The van der Waals surface area contributed by atoms with Crippen molar-refractivity contribution in [2.75, 3.05) is 29.9 Å². The quantitative estimate of drug-likeness (QED) is 0.262. The molecule has 4 bridgehead atoms. The number of nitrogens with zero attached hydrogens (tertiary/aromatic N) is 5. The van der Waals surface area contributed by atoms with Crippen LogP contribution in [0.3, 0.4) is 0 Å². The van der Waals surface area contributed by atoms with Crippen LogP contribution >= 0.6 is 11.9 Å². The van der Waals surface area contributed by atoms with Gasteiger partial charge in [-0.1, -0.05) is 6.07 Å². The Morgan fingerprint density at radius 3 is 2.76 bits per heavy atom. The van der Waals surface area contributed by atoms with Gasteiger partial charge in [0.15, 0.2) is 5.82 Å². The van der Waals surface area contributed by atoms with Crippen molar-refractivity contribution >= 4 is 29.5 Å². The van der Waals surface area contributed by atoms with E-state index in [1.807, 2.05) is 18.2 Å². The second kappa shape index (κ2) is 11.0. The Balaban J connectivity index is 1.22. The predicted molar refractivity (Wildman–Crippen MR) is 154 cm³/mol. The molecule has 6 rings (SSSR count). The molecule has 1 aliphatic carbocycles. The molecular formula is C29H34F3N7O2S. The topological polar surface area (TPSA) is 97.2 Å². The van der Waals surface area contributed by atoms with Crippen molar-refractivity contribution in [3.63, 3.8) is 0 Å². The molecular weight excluding hydrogens is 567 g/mol. The van der Waals surface area contributed by atoms with E-state index in [1.165, 1.54) is 0 Å². The fourth-order valence-corrected chi connectivity index (χ4v) is 6.55. The number of hydrogen-bond donors (Lipinski definition) is 2. The van der Waals surface area contributed by atoms with E-state index in [0.717, 1.165) is 43.7 Å². The number of carbonyl (C=O) groups excluding carboxylic acids is 1. The maximum Gasteiger partial charge on any atom is 0.394 e. The first-order chi connectivity index (χ1) is 20.0. The Kier molecular flexibility index (Phi) is 7.48. The van der Waals surface area contributed by atoms with Crippen molar-refractivity contribution < 1.29 is 22.7 Å². The summed E-state index contributed by atoms with van der Waals surface area (Å²) in [4.78, 5) is 25.2. The summed E-state index contributed by atoms with van der Waals surface area (Å²) in [5.41, 5.74) is -1.31. The molecule has 2 N–H and O–H groups in total. The van der Waals surface area contributed by atoms with Gasteiger partial charge >= 0.3 is 6.18 Å². The van der Waals surface area contributed by atoms with Crippen molar-refractivity contribution in [3.05, 3.63) is 48.2 Å². The van der Waals surface area contributed by atoms with E-state index < -0.39 is 11.6 Å². The van der Waals surface area contributed by atoms with Gasteiger partial charge in [0.1, 0.15) is 16.7 Å². The number of carbonyl (C=O) groups is 1. The number of anilines is 2. The van der Waals surface area contributed by atoms with Crippen molar-refractivity contribution in [2.24, 2.45) is 11.3 Å². The minimum atomic E-state index is -4.15. The van der Waals surface area contributed by atoms with E-state index in [-0.39, 0.29) is 37.3 Å². The SMILES string of the molecule is CC1(C)CC2CCNc3cccc(n3)SNC(=O)c3ccc(-n4ccc(OCCCC5(C(F)(F)F)CC5)n4)nc3N1C2. The Morgan fingerprint density at radius 2 is 1.98 bits per heavy atom. The van der Waals surface area contributed by atoms with Crippen molar-refractivity contribution in [3.8, 4) is 11.7 Å². The third-order valence-corrected chi connectivity index (χ3v) is 9.18. The molecule has 0 aromatic carbocycles. The number of rotatable bonds is 6. The van der Waals surface area contributed by atoms with Gasteiger partial charge < -0.3 is 15.0 Å². The van der Waals surface area contributed by atoms with Crippen LogP contribution in [0, 0.1) is 11.3 Å². The molecule has 42 heavy (non-hydrogen) atoms. The molecule has 13 heteroatoms. The maximum atomic E-state index is 13.4. The monoisotopic (exact) mass is 601 g/mol. The van der Waals surface area contributed by atoms with Gasteiger partial charge in [0, 0.05) is 42.8 Å². The average Bonchev–Trinajstić information content (AvgIpc) is 3.50. The van der Waals surface area contributed by atoms with Crippen LogP contribution in [-0.4, -0.2) is 57.1 Å². The van der Waals surface area contributed by atoms with Crippen molar-refractivity contribution in [2.45, 2.75) is 69.1 Å². The molecule has 3 aliphatic rings. The van der Waals surface area contributed by atoms with Crippen LogP contribution in [0.25, 0.3) is 5.82 Å². The molecule has 1 atom stereocenters. The number of fused-ring (bicyclic) bond motifs is 6. The minimum Gasteiger partial charge on any atom is -0.477 e. The lowest BCUT2D eigenvalue weighted by atomic mass is 9.94. The van der Waals surface area contributed by atoms with Crippen LogP contribution in [0.2, 0.25) is 0 Å². The highest BCUT2D eigenvalue weighted by Crippen LogP contribution is 2.60. The van der Waals surface area contributed by atoms with Crippen molar-refractivity contribution in [1.82, 2.24) is 24.5 Å². The predicted octanol–water partition coefficient (Wildman–Crippen LogP) is 6.02. The van der Waals surface area contributed by atoms with Crippen LogP contribution in [0.1, 0.15) is 62.7 Å². The molecule has 1 amide bonds. The molecule has 0 radical (unpaired) electrons. The molecule has 5 heterocycles. The first-order valence-electron chi connectivity index (χ1n) is 14.3. The fourth-order valence-electron chi connectivity index (χ4n) is 5.96. The number of alkyl halides is 3. The normalized spacial score (nSPS) is 21.1. The first kappa shape index (κ1) is 28.6. The molecule has 1 saturated heterocycles. The second-order valence-electron chi connectivity index (χ2n) is 12.0.